The Morgan fingerprint density at radius 2 is 1.90 bits per heavy atom. The summed E-state index contributed by atoms with van der Waals surface area (Å²) in [6, 6.07) is 1.21. The molecule has 3 aliphatic heterocycles. The molecule has 0 radical (unpaired) electrons. The summed E-state index contributed by atoms with van der Waals surface area (Å²) in [6.45, 7) is 10.7. The molecular weight excluding hydrogens is 264 g/mol. The number of aliphatic hydroxyl groups is 1. The van der Waals surface area contributed by atoms with Gasteiger partial charge < -0.3 is 15.2 Å². The Hall–Kier alpha value is -0.160. The maximum absolute atomic E-state index is 9.98. The van der Waals surface area contributed by atoms with Gasteiger partial charge >= 0.3 is 0 Å². The van der Waals surface area contributed by atoms with Crippen molar-refractivity contribution in [2.45, 2.75) is 76.6 Å². The average molecular weight is 296 g/mol. The number of nitrogens with one attached hydrogen (secondary N) is 1. The maximum Gasteiger partial charge on any atom is 0.0570 e. The lowest BCUT2D eigenvalue weighted by Gasteiger charge is -2.43. The first-order chi connectivity index (χ1) is 9.87. The van der Waals surface area contributed by atoms with Crippen molar-refractivity contribution in [2.24, 2.45) is 5.41 Å². The fraction of sp³-hybridized carbons (Fsp3) is 1.00. The van der Waals surface area contributed by atoms with Gasteiger partial charge in [0.1, 0.15) is 0 Å². The fourth-order valence-electron chi connectivity index (χ4n) is 4.31. The van der Waals surface area contributed by atoms with E-state index in [9.17, 15) is 5.11 Å². The van der Waals surface area contributed by atoms with Gasteiger partial charge in [0.25, 0.3) is 0 Å². The molecule has 3 rings (SSSR count). The number of piperidine rings is 1. The second-order valence-corrected chi connectivity index (χ2v) is 8.59. The van der Waals surface area contributed by atoms with E-state index >= 15 is 0 Å². The van der Waals surface area contributed by atoms with Crippen LogP contribution in [0.5, 0.6) is 0 Å². The third-order valence-electron chi connectivity index (χ3n) is 5.56. The van der Waals surface area contributed by atoms with Crippen molar-refractivity contribution < 1.29 is 9.84 Å². The summed E-state index contributed by atoms with van der Waals surface area (Å²) in [6.07, 6.45) is 5.58. The van der Waals surface area contributed by atoms with Crippen molar-refractivity contribution in [3.05, 3.63) is 0 Å². The molecule has 3 fully saturated rings. The fourth-order valence-corrected chi connectivity index (χ4v) is 4.31. The highest BCUT2D eigenvalue weighted by molar-refractivity contribution is 5.00. The van der Waals surface area contributed by atoms with Gasteiger partial charge in [0.05, 0.1) is 12.7 Å². The molecule has 0 aromatic carbocycles. The van der Waals surface area contributed by atoms with Crippen LogP contribution in [0, 0.1) is 5.41 Å². The Morgan fingerprint density at radius 3 is 2.43 bits per heavy atom. The van der Waals surface area contributed by atoms with Gasteiger partial charge in [-0.2, -0.15) is 0 Å². The molecule has 4 heteroatoms. The zero-order chi connectivity index (χ0) is 15.1. The molecule has 0 aromatic heterocycles. The predicted molar refractivity (Wildman–Crippen MR) is 84.4 cm³/mol. The summed E-state index contributed by atoms with van der Waals surface area (Å²) in [5.74, 6) is 0. The van der Waals surface area contributed by atoms with E-state index in [1.807, 2.05) is 0 Å². The average Bonchev–Trinajstić information content (AvgIpc) is 2.93. The van der Waals surface area contributed by atoms with Gasteiger partial charge in [-0.1, -0.05) is 0 Å². The van der Waals surface area contributed by atoms with Gasteiger partial charge in [-0.3, -0.25) is 4.90 Å². The number of rotatable bonds is 4. The Morgan fingerprint density at radius 1 is 1.24 bits per heavy atom. The molecule has 3 heterocycles. The highest BCUT2D eigenvalue weighted by Gasteiger charge is 2.45. The van der Waals surface area contributed by atoms with Gasteiger partial charge in [-0.25, -0.2) is 0 Å². The van der Waals surface area contributed by atoms with Crippen LogP contribution in [-0.2, 0) is 4.74 Å². The summed E-state index contributed by atoms with van der Waals surface area (Å²) in [4.78, 5) is 2.70. The molecule has 4 nitrogen and oxygen atoms in total. The maximum atomic E-state index is 9.98. The Balaban J connectivity index is 1.65. The van der Waals surface area contributed by atoms with E-state index in [4.69, 9.17) is 4.74 Å². The SMILES string of the molecule is CC(C)(C)NCC1(CN2C3CCC2CC(O)C3)CCOC1. The van der Waals surface area contributed by atoms with E-state index in [2.05, 4.69) is 31.0 Å². The number of hydrogen-bond acceptors (Lipinski definition) is 4. The molecule has 0 saturated carbocycles. The quantitative estimate of drug-likeness (QED) is 0.830. The Bertz CT molecular complexity index is 346. The van der Waals surface area contributed by atoms with E-state index < -0.39 is 0 Å². The second-order valence-electron chi connectivity index (χ2n) is 8.59. The van der Waals surface area contributed by atoms with Crippen molar-refractivity contribution in [1.82, 2.24) is 10.2 Å². The zero-order valence-electron chi connectivity index (χ0n) is 13.9. The molecular formula is C17H32N2O2. The van der Waals surface area contributed by atoms with Gasteiger partial charge in [0.2, 0.25) is 0 Å². The van der Waals surface area contributed by atoms with Crippen LogP contribution in [0.3, 0.4) is 0 Å². The summed E-state index contributed by atoms with van der Waals surface area (Å²) >= 11 is 0. The van der Waals surface area contributed by atoms with Gasteiger partial charge in [-0.15, -0.1) is 0 Å². The smallest absolute Gasteiger partial charge is 0.0570 e. The van der Waals surface area contributed by atoms with Crippen LogP contribution in [0.15, 0.2) is 0 Å². The van der Waals surface area contributed by atoms with Crippen LogP contribution in [-0.4, -0.2) is 60.0 Å². The van der Waals surface area contributed by atoms with E-state index in [1.165, 1.54) is 12.8 Å². The summed E-state index contributed by atoms with van der Waals surface area (Å²) in [5.41, 5.74) is 0.420. The Labute approximate surface area is 129 Å². The normalized spacial score (nSPS) is 40.9. The molecule has 3 aliphatic rings. The number of fused-ring (bicyclic) bond motifs is 2. The topological polar surface area (TPSA) is 44.7 Å². The van der Waals surface area contributed by atoms with Gasteiger partial charge in [0, 0.05) is 42.7 Å². The number of ether oxygens (including phenoxy) is 1. The molecule has 122 valence electrons. The van der Waals surface area contributed by atoms with Gasteiger partial charge in [-0.05, 0) is 52.9 Å². The van der Waals surface area contributed by atoms with E-state index in [0.717, 1.165) is 45.6 Å². The highest BCUT2D eigenvalue weighted by atomic mass is 16.5. The van der Waals surface area contributed by atoms with Crippen LogP contribution >= 0.6 is 0 Å². The number of hydrogen-bond donors (Lipinski definition) is 2. The monoisotopic (exact) mass is 296 g/mol. The lowest BCUT2D eigenvalue weighted by molar-refractivity contribution is 0.00543. The molecule has 2 N–H and O–H groups in total. The van der Waals surface area contributed by atoms with E-state index in [1.54, 1.807) is 0 Å². The van der Waals surface area contributed by atoms with Crippen molar-refractivity contribution in [1.29, 1.82) is 0 Å². The first-order valence-electron chi connectivity index (χ1n) is 8.64. The third-order valence-corrected chi connectivity index (χ3v) is 5.56. The molecule has 3 atom stereocenters. The third kappa shape index (κ3) is 3.61. The molecule has 0 aromatic rings. The molecule has 2 bridgehead atoms. The zero-order valence-corrected chi connectivity index (χ0v) is 13.9. The minimum atomic E-state index is -0.0674. The molecule has 21 heavy (non-hydrogen) atoms. The summed E-state index contributed by atoms with van der Waals surface area (Å²) < 4.78 is 5.76. The largest absolute Gasteiger partial charge is 0.393 e. The van der Waals surface area contributed by atoms with Crippen LogP contribution in [0.4, 0.5) is 0 Å². The minimum absolute atomic E-state index is 0.0674. The minimum Gasteiger partial charge on any atom is -0.393 e. The van der Waals surface area contributed by atoms with Crippen molar-refractivity contribution in [3.63, 3.8) is 0 Å². The van der Waals surface area contributed by atoms with E-state index in [0.29, 0.717) is 12.1 Å². The standard InChI is InChI=1S/C17H32N2O2/c1-16(2,3)18-10-17(6-7-21-12-17)11-19-13-4-5-14(19)9-15(20)8-13/h13-15,18,20H,4-12H2,1-3H3. The van der Waals surface area contributed by atoms with Gasteiger partial charge in [0.15, 0.2) is 0 Å². The predicted octanol–water partition coefficient (Wildman–Crippen LogP) is 1.77. The van der Waals surface area contributed by atoms with Crippen molar-refractivity contribution in [3.8, 4) is 0 Å². The molecule has 0 amide bonds. The molecule has 3 saturated heterocycles. The van der Waals surface area contributed by atoms with Crippen LogP contribution in [0.25, 0.3) is 0 Å². The first kappa shape index (κ1) is 15.7. The first-order valence-corrected chi connectivity index (χ1v) is 8.64. The number of aliphatic hydroxyl groups excluding tert-OH is 1. The highest BCUT2D eigenvalue weighted by Crippen LogP contribution is 2.40. The van der Waals surface area contributed by atoms with Crippen molar-refractivity contribution >= 4 is 0 Å². The second kappa shape index (κ2) is 5.80. The van der Waals surface area contributed by atoms with Crippen LogP contribution in [0.2, 0.25) is 0 Å². The summed E-state index contributed by atoms with van der Waals surface area (Å²) in [5, 5.41) is 13.7. The molecule has 0 spiro atoms. The Kier molecular flexibility index (Phi) is 4.34. The number of nitrogens with zero attached hydrogens (tertiary/aromatic N) is 1. The van der Waals surface area contributed by atoms with E-state index in [-0.39, 0.29) is 17.1 Å². The molecule has 3 unspecified atom stereocenters. The van der Waals surface area contributed by atoms with Crippen LogP contribution in [0.1, 0.15) is 52.9 Å². The van der Waals surface area contributed by atoms with Crippen molar-refractivity contribution in [2.75, 3.05) is 26.3 Å². The van der Waals surface area contributed by atoms with Crippen LogP contribution < -0.4 is 5.32 Å². The summed E-state index contributed by atoms with van der Waals surface area (Å²) in [7, 11) is 0. The lowest BCUT2D eigenvalue weighted by Crippen LogP contribution is -2.54. The molecule has 0 aliphatic carbocycles. The lowest BCUT2D eigenvalue weighted by atomic mass is 9.84.